The van der Waals surface area contributed by atoms with Crippen LogP contribution in [0.3, 0.4) is 0 Å². The number of aliphatic imine (C=N–C) groups is 1. The normalized spacial score (nSPS) is 11.8. The van der Waals surface area contributed by atoms with Crippen molar-refractivity contribution in [1.82, 2.24) is 25.2 Å². The summed E-state index contributed by atoms with van der Waals surface area (Å²) in [4.78, 5) is 4.68. The number of aromatic nitrogens is 3. The molecule has 2 aromatic heterocycles. The Labute approximate surface area is 189 Å². The lowest BCUT2D eigenvalue weighted by Crippen LogP contribution is -2.43. The van der Waals surface area contributed by atoms with Gasteiger partial charge in [0.1, 0.15) is 12.3 Å². The molecule has 0 aliphatic heterocycles. The molecule has 8 heteroatoms. The summed E-state index contributed by atoms with van der Waals surface area (Å²) in [6.45, 7) is 8.41. The van der Waals surface area contributed by atoms with Gasteiger partial charge < -0.3 is 15.4 Å². The van der Waals surface area contributed by atoms with E-state index in [2.05, 4.69) is 58.7 Å². The molecule has 0 bridgehead atoms. The van der Waals surface area contributed by atoms with Gasteiger partial charge in [0.15, 0.2) is 17.4 Å². The Morgan fingerprint density at radius 1 is 1.14 bits per heavy atom. The molecular formula is C21H29IN6O. The number of halogens is 1. The molecule has 0 fully saturated rings. The maximum absolute atomic E-state index is 5.36. The van der Waals surface area contributed by atoms with Crippen LogP contribution in [0, 0.1) is 0 Å². The third-order valence-electron chi connectivity index (χ3n) is 4.66. The average molecular weight is 508 g/mol. The third kappa shape index (κ3) is 5.81. The van der Waals surface area contributed by atoms with Gasteiger partial charge in [-0.25, -0.2) is 4.99 Å². The van der Waals surface area contributed by atoms with E-state index in [1.54, 1.807) is 7.11 Å². The molecule has 0 unspecified atom stereocenters. The molecule has 7 nitrogen and oxygen atoms in total. The number of pyridine rings is 1. The number of nitrogens with zero attached hydrogens (tertiary/aromatic N) is 4. The smallest absolute Gasteiger partial charge is 0.191 e. The van der Waals surface area contributed by atoms with Crippen molar-refractivity contribution in [1.29, 1.82) is 0 Å². The van der Waals surface area contributed by atoms with Gasteiger partial charge in [0, 0.05) is 24.7 Å². The molecule has 2 N–H and O–H groups in total. The fourth-order valence-corrected chi connectivity index (χ4v) is 2.94. The van der Waals surface area contributed by atoms with Crippen molar-refractivity contribution < 1.29 is 4.74 Å². The van der Waals surface area contributed by atoms with Crippen molar-refractivity contribution in [3.63, 3.8) is 0 Å². The third-order valence-corrected chi connectivity index (χ3v) is 4.66. The van der Waals surface area contributed by atoms with Gasteiger partial charge in [0.05, 0.1) is 7.11 Å². The van der Waals surface area contributed by atoms with Gasteiger partial charge in [0.2, 0.25) is 0 Å². The molecule has 0 aliphatic carbocycles. The highest BCUT2D eigenvalue weighted by molar-refractivity contribution is 14.0. The molecule has 0 radical (unpaired) electrons. The van der Waals surface area contributed by atoms with Crippen molar-refractivity contribution >= 4 is 35.6 Å². The summed E-state index contributed by atoms with van der Waals surface area (Å²) in [5, 5.41) is 15.2. The number of rotatable bonds is 7. The fraction of sp³-hybridized carbons (Fsp3) is 0.381. The maximum Gasteiger partial charge on any atom is 0.191 e. The molecule has 0 spiro atoms. The van der Waals surface area contributed by atoms with Gasteiger partial charge in [-0.2, -0.15) is 0 Å². The topological polar surface area (TPSA) is 75.8 Å². The Bertz CT molecular complexity index is 953. The predicted molar refractivity (Wildman–Crippen MR) is 127 cm³/mol. The van der Waals surface area contributed by atoms with Crippen LogP contribution in [0.1, 0.15) is 32.2 Å². The highest BCUT2D eigenvalue weighted by Gasteiger charge is 2.21. The number of ether oxygens (including phenoxy) is 1. The zero-order chi connectivity index (χ0) is 20.0. The van der Waals surface area contributed by atoms with E-state index < -0.39 is 0 Å². The fourth-order valence-electron chi connectivity index (χ4n) is 2.94. The lowest BCUT2D eigenvalue weighted by molar-refractivity contribution is 0.411. The molecule has 3 rings (SSSR count). The van der Waals surface area contributed by atoms with E-state index in [9.17, 15) is 0 Å². The van der Waals surface area contributed by atoms with Crippen LogP contribution in [0.15, 0.2) is 53.7 Å². The molecule has 0 saturated heterocycles. The molecule has 2 heterocycles. The van der Waals surface area contributed by atoms with Crippen molar-refractivity contribution in [3.05, 3.63) is 60.0 Å². The van der Waals surface area contributed by atoms with E-state index in [0.29, 0.717) is 6.54 Å². The first kappa shape index (κ1) is 22.9. The van der Waals surface area contributed by atoms with Crippen molar-refractivity contribution in [3.8, 4) is 5.75 Å². The van der Waals surface area contributed by atoms with Crippen LogP contribution in [-0.2, 0) is 12.0 Å². The van der Waals surface area contributed by atoms with Gasteiger partial charge in [-0.15, -0.1) is 34.2 Å². The lowest BCUT2D eigenvalue weighted by atomic mass is 9.84. The van der Waals surface area contributed by atoms with E-state index in [1.165, 1.54) is 5.56 Å². The minimum absolute atomic E-state index is 0. The Balaban J connectivity index is 0.00000300. The molecule has 0 aliphatic rings. The molecule has 0 atom stereocenters. The van der Waals surface area contributed by atoms with Crippen LogP contribution in [0.5, 0.6) is 5.75 Å². The van der Waals surface area contributed by atoms with E-state index >= 15 is 0 Å². The summed E-state index contributed by atoms with van der Waals surface area (Å²) in [6, 6.07) is 14.0. The summed E-state index contributed by atoms with van der Waals surface area (Å²) in [7, 11) is 1.69. The molecule has 1 aromatic carbocycles. The Hall–Kier alpha value is -2.36. The SMILES string of the molecule is CCNC(=NCc1nnc2ccccn12)NCC(C)(C)c1cccc(OC)c1.I. The molecule has 0 amide bonds. The first-order valence-corrected chi connectivity index (χ1v) is 9.49. The van der Waals surface area contributed by atoms with E-state index in [0.717, 1.165) is 36.3 Å². The van der Waals surface area contributed by atoms with E-state index in [4.69, 9.17) is 4.74 Å². The standard InChI is InChI=1S/C21H28N6O.HI/c1-5-22-20(23-14-19-26-25-18-11-6-7-12-27(18)19)24-15-21(2,3)16-9-8-10-17(13-16)28-4;/h6-13H,5,14-15H2,1-4H3,(H2,22,23,24);1H. The lowest BCUT2D eigenvalue weighted by Gasteiger charge is -2.27. The Kier molecular flexibility index (Phi) is 8.24. The van der Waals surface area contributed by atoms with Crippen LogP contribution in [0.2, 0.25) is 0 Å². The number of nitrogens with one attached hydrogen (secondary N) is 2. The van der Waals surface area contributed by atoms with Crippen LogP contribution >= 0.6 is 24.0 Å². The van der Waals surface area contributed by atoms with Crippen LogP contribution in [0.25, 0.3) is 5.65 Å². The number of methoxy groups -OCH3 is 1. The van der Waals surface area contributed by atoms with Crippen molar-refractivity contribution in [2.75, 3.05) is 20.2 Å². The monoisotopic (exact) mass is 508 g/mol. The van der Waals surface area contributed by atoms with Crippen molar-refractivity contribution in [2.24, 2.45) is 4.99 Å². The van der Waals surface area contributed by atoms with Gasteiger partial charge >= 0.3 is 0 Å². The van der Waals surface area contributed by atoms with Crippen molar-refractivity contribution in [2.45, 2.75) is 32.7 Å². The number of hydrogen-bond donors (Lipinski definition) is 2. The first-order chi connectivity index (χ1) is 13.5. The second kappa shape index (κ2) is 10.4. The Morgan fingerprint density at radius 2 is 1.97 bits per heavy atom. The largest absolute Gasteiger partial charge is 0.497 e. The van der Waals surface area contributed by atoms with E-state index in [-0.39, 0.29) is 29.4 Å². The molecule has 156 valence electrons. The second-order valence-corrected chi connectivity index (χ2v) is 7.21. The Morgan fingerprint density at radius 3 is 2.72 bits per heavy atom. The average Bonchev–Trinajstić information content (AvgIpc) is 3.13. The molecular weight excluding hydrogens is 479 g/mol. The van der Waals surface area contributed by atoms with Gasteiger partial charge in [-0.3, -0.25) is 4.40 Å². The van der Waals surface area contributed by atoms with Crippen LogP contribution < -0.4 is 15.4 Å². The zero-order valence-electron chi connectivity index (χ0n) is 17.3. The summed E-state index contributed by atoms with van der Waals surface area (Å²) >= 11 is 0. The highest BCUT2D eigenvalue weighted by atomic mass is 127. The summed E-state index contributed by atoms with van der Waals surface area (Å²) in [5.41, 5.74) is 1.94. The molecule has 29 heavy (non-hydrogen) atoms. The van der Waals surface area contributed by atoms with Crippen LogP contribution in [-0.4, -0.2) is 40.8 Å². The minimum atomic E-state index is -0.0910. The second-order valence-electron chi connectivity index (χ2n) is 7.21. The maximum atomic E-state index is 5.36. The number of guanidine groups is 1. The number of hydrogen-bond acceptors (Lipinski definition) is 4. The van der Waals surface area contributed by atoms with Crippen LogP contribution in [0.4, 0.5) is 0 Å². The quantitative estimate of drug-likeness (QED) is 0.291. The molecule has 0 saturated carbocycles. The van der Waals surface area contributed by atoms with Gasteiger partial charge in [-0.05, 0) is 36.8 Å². The van der Waals surface area contributed by atoms with Gasteiger partial charge in [-0.1, -0.05) is 32.0 Å². The van der Waals surface area contributed by atoms with Gasteiger partial charge in [0.25, 0.3) is 0 Å². The summed E-state index contributed by atoms with van der Waals surface area (Å²) < 4.78 is 7.31. The first-order valence-electron chi connectivity index (χ1n) is 9.49. The van der Waals surface area contributed by atoms with E-state index in [1.807, 2.05) is 40.9 Å². The zero-order valence-corrected chi connectivity index (χ0v) is 19.7. The highest BCUT2D eigenvalue weighted by Crippen LogP contribution is 2.25. The predicted octanol–water partition coefficient (Wildman–Crippen LogP) is 3.39. The summed E-state index contributed by atoms with van der Waals surface area (Å²) in [6.07, 6.45) is 1.95. The number of benzene rings is 1. The summed E-state index contributed by atoms with van der Waals surface area (Å²) in [5.74, 6) is 2.43. The molecule has 3 aromatic rings. The minimum Gasteiger partial charge on any atom is -0.497 e. The number of fused-ring (bicyclic) bond motifs is 1.